The molecule has 0 atom stereocenters. The van der Waals surface area contributed by atoms with Crippen LogP contribution in [0.4, 0.5) is 0 Å². The predicted octanol–water partition coefficient (Wildman–Crippen LogP) is 9.84. The quantitative estimate of drug-likeness (QED) is 0.173. The first-order valence-electron chi connectivity index (χ1n) is 17.7. The standard InChI is InChI=1S/C46H33BN2O2/c1-26-13-17-36-30(21-26)31-22-27(2)14-18-37(31)48(36)40-25-41(49-38-19-15-28(3)23-32(38)33-24-29(4)16-20-39(33)49)46-44-45(40)50-42-11-7-5-9-34(42)47(44)35-10-6-8-12-43(35)51-46/h5-25H,1-4H3. The van der Waals surface area contributed by atoms with E-state index in [1.165, 1.54) is 43.8 Å². The average Bonchev–Trinajstić information content (AvgIpc) is 3.62. The number of nitrogens with zero attached hydrogens (tertiary/aromatic N) is 2. The number of para-hydroxylation sites is 2. The van der Waals surface area contributed by atoms with Gasteiger partial charge in [0.05, 0.1) is 33.4 Å². The molecule has 51 heavy (non-hydrogen) atoms. The molecule has 5 heteroatoms. The monoisotopic (exact) mass is 656 g/mol. The second-order valence-corrected chi connectivity index (χ2v) is 14.5. The second kappa shape index (κ2) is 10.2. The fourth-order valence-corrected chi connectivity index (χ4v) is 8.79. The van der Waals surface area contributed by atoms with Gasteiger partial charge in [-0.15, -0.1) is 0 Å². The molecule has 0 amide bonds. The maximum Gasteiger partial charge on any atom is 0.260 e. The normalized spacial score (nSPS) is 13.0. The molecule has 9 aromatic rings. The summed E-state index contributed by atoms with van der Waals surface area (Å²) in [5, 5.41) is 4.93. The summed E-state index contributed by atoms with van der Waals surface area (Å²) < 4.78 is 19.0. The van der Waals surface area contributed by atoms with Crippen LogP contribution in [0.1, 0.15) is 22.3 Å². The zero-order chi connectivity index (χ0) is 34.1. The highest BCUT2D eigenvalue weighted by atomic mass is 16.5. The summed E-state index contributed by atoms with van der Waals surface area (Å²) in [4.78, 5) is 0. The first-order chi connectivity index (χ1) is 24.9. The molecule has 2 aliphatic heterocycles. The molecule has 4 heterocycles. The number of aryl methyl sites for hydroxylation is 4. The van der Waals surface area contributed by atoms with E-state index in [0.717, 1.165) is 72.8 Å². The molecule has 11 rings (SSSR count). The van der Waals surface area contributed by atoms with Crippen molar-refractivity contribution in [1.29, 1.82) is 0 Å². The minimum atomic E-state index is -0.0706. The molecule has 2 aromatic heterocycles. The molecule has 0 aliphatic carbocycles. The van der Waals surface area contributed by atoms with E-state index in [0.29, 0.717) is 0 Å². The summed E-state index contributed by atoms with van der Waals surface area (Å²) in [7, 11) is 0. The molecule has 0 fully saturated rings. The van der Waals surface area contributed by atoms with Gasteiger partial charge in [-0.05, 0) is 105 Å². The largest absolute Gasteiger partial charge is 0.456 e. The Labute approximate surface area is 296 Å². The van der Waals surface area contributed by atoms with E-state index in [4.69, 9.17) is 9.47 Å². The highest BCUT2D eigenvalue weighted by Gasteiger charge is 2.43. The van der Waals surface area contributed by atoms with Gasteiger partial charge in [0, 0.05) is 27.0 Å². The van der Waals surface area contributed by atoms with Gasteiger partial charge < -0.3 is 18.6 Å². The molecule has 0 N–H and O–H groups in total. The molecule has 4 nitrogen and oxygen atoms in total. The van der Waals surface area contributed by atoms with E-state index < -0.39 is 0 Å². The number of fused-ring (bicyclic) bond motifs is 10. The Balaban J connectivity index is 1.35. The van der Waals surface area contributed by atoms with Crippen molar-refractivity contribution in [2.45, 2.75) is 27.7 Å². The third kappa shape index (κ3) is 3.92. The van der Waals surface area contributed by atoms with Gasteiger partial charge in [-0.25, -0.2) is 0 Å². The Morgan fingerprint density at radius 3 is 1.14 bits per heavy atom. The third-order valence-electron chi connectivity index (χ3n) is 11.0. The van der Waals surface area contributed by atoms with Crippen molar-refractivity contribution >= 4 is 66.7 Å². The molecule has 2 aliphatic rings. The van der Waals surface area contributed by atoms with E-state index in [1.807, 2.05) is 0 Å². The fraction of sp³-hybridized carbons (Fsp3) is 0.0870. The molecule has 0 spiro atoms. The summed E-state index contributed by atoms with van der Waals surface area (Å²) in [5.41, 5.74) is 14.9. The Hall–Kier alpha value is -6.20. The molecule has 0 saturated heterocycles. The van der Waals surface area contributed by atoms with Crippen LogP contribution < -0.4 is 25.9 Å². The zero-order valence-corrected chi connectivity index (χ0v) is 28.9. The van der Waals surface area contributed by atoms with Crippen LogP contribution >= 0.6 is 0 Å². The summed E-state index contributed by atoms with van der Waals surface area (Å²) in [6, 6.07) is 46.5. The van der Waals surface area contributed by atoms with E-state index in [9.17, 15) is 0 Å². The lowest BCUT2D eigenvalue weighted by molar-refractivity contribution is 0.462. The average molecular weight is 657 g/mol. The van der Waals surface area contributed by atoms with Crippen LogP contribution in [-0.4, -0.2) is 15.8 Å². The molecule has 242 valence electrons. The molecule has 0 unspecified atom stereocenters. The van der Waals surface area contributed by atoms with Crippen molar-refractivity contribution in [3.05, 3.63) is 150 Å². The molecule has 0 saturated carbocycles. The van der Waals surface area contributed by atoms with Crippen molar-refractivity contribution in [2.75, 3.05) is 0 Å². The van der Waals surface area contributed by atoms with Gasteiger partial charge in [-0.2, -0.15) is 0 Å². The summed E-state index contributed by atoms with van der Waals surface area (Å²) in [5.74, 6) is 3.42. The number of hydrogen-bond donors (Lipinski definition) is 0. The van der Waals surface area contributed by atoms with E-state index >= 15 is 0 Å². The third-order valence-corrected chi connectivity index (χ3v) is 11.0. The van der Waals surface area contributed by atoms with Gasteiger partial charge in [-0.3, -0.25) is 0 Å². The minimum Gasteiger partial charge on any atom is -0.456 e. The predicted molar refractivity (Wildman–Crippen MR) is 212 cm³/mol. The Bertz CT molecular complexity index is 2670. The number of aromatic nitrogens is 2. The lowest BCUT2D eigenvalue weighted by Gasteiger charge is -2.35. The zero-order valence-electron chi connectivity index (χ0n) is 28.9. The van der Waals surface area contributed by atoms with Crippen molar-refractivity contribution in [3.8, 4) is 34.4 Å². The smallest absolute Gasteiger partial charge is 0.260 e. The second-order valence-electron chi connectivity index (χ2n) is 14.5. The lowest BCUT2D eigenvalue weighted by Crippen LogP contribution is -2.57. The number of benzene rings is 7. The maximum atomic E-state index is 7.11. The maximum absolute atomic E-state index is 7.11. The fourth-order valence-electron chi connectivity index (χ4n) is 8.79. The van der Waals surface area contributed by atoms with Crippen LogP contribution in [0.15, 0.2) is 127 Å². The van der Waals surface area contributed by atoms with Crippen LogP contribution in [0.3, 0.4) is 0 Å². The highest BCUT2D eigenvalue weighted by Crippen LogP contribution is 2.46. The van der Waals surface area contributed by atoms with Gasteiger partial charge in [0.15, 0.2) is 11.5 Å². The van der Waals surface area contributed by atoms with Gasteiger partial charge in [0.2, 0.25) is 0 Å². The van der Waals surface area contributed by atoms with Crippen molar-refractivity contribution in [1.82, 2.24) is 9.13 Å². The Morgan fingerprint density at radius 1 is 0.412 bits per heavy atom. The van der Waals surface area contributed by atoms with Crippen LogP contribution in [0.5, 0.6) is 23.0 Å². The van der Waals surface area contributed by atoms with Crippen LogP contribution in [0.2, 0.25) is 0 Å². The van der Waals surface area contributed by atoms with Crippen molar-refractivity contribution in [3.63, 3.8) is 0 Å². The Morgan fingerprint density at radius 2 is 0.765 bits per heavy atom. The number of hydrogen-bond acceptors (Lipinski definition) is 2. The van der Waals surface area contributed by atoms with E-state index in [2.05, 4.69) is 164 Å². The van der Waals surface area contributed by atoms with E-state index in [-0.39, 0.29) is 6.71 Å². The SMILES string of the molecule is Cc1ccc2c(c1)c1cc(C)ccc1n2-c1cc(-n2c3ccc(C)cc3c3cc(C)ccc32)c2c3c1Oc1ccccc1B3c1ccccc1O2. The number of ether oxygens (including phenoxy) is 2. The van der Waals surface area contributed by atoms with Gasteiger partial charge in [0.1, 0.15) is 11.5 Å². The number of rotatable bonds is 2. The van der Waals surface area contributed by atoms with E-state index in [1.54, 1.807) is 0 Å². The van der Waals surface area contributed by atoms with Gasteiger partial charge in [-0.1, -0.05) is 82.9 Å². The molecule has 0 bridgehead atoms. The van der Waals surface area contributed by atoms with Crippen LogP contribution in [-0.2, 0) is 0 Å². The Kier molecular flexibility index (Phi) is 5.71. The van der Waals surface area contributed by atoms with Crippen LogP contribution in [0, 0.1) is 27.7 Å². The summed E-state index contributed by atoms with van der Waals surface area (Å²) >= 11 is 0. The molecule has 7 aromatic carbocycles. The highest BCUT2D eigenvalue weighted by molar-refractivity contribution is 6.98. The van der Waals surface area contributed by atoms with Gasteiger partial charge in [0.25, 0.3) is 6.71 Å². The van der Waals surface area contributed by atoms with Crippen molar-refractivity contribution in [2.24, 2.45) is 0 Å². The first kappa shape index (κ1) is 28.6. The van der Waals surface area contributed by atoms with Crippen LogP contribution in [0.25, 0.3) is 55.0 Å². The lowest BCUT2D eigenvalue weighted by atomic mass is 9.34. The molecular formula is C46H33BN2O2. The minimum absolute atomic E-state index is 0.0706. The van der Waals surface area contributed by atoms with Crippen molar-refractivity contribution < 1.29 is 9.47 Å². The topological polar surface area (TPSA) is 28.3 Å². The molecular weight excluding hydrogens is 623 g/mol. The van der Waals surface area contributed by atoms with Gasteiger partial charge >= 0.3 is 0 Å². The first-order valence-corrected chi connectivity index (χ1v) is 17.7. The summed E-state index contributed by atoms with van der Waals surface area (Å²) in [6.07, 6.45) is 0. The molecule has 0 radical (unpaired) electrons. The summed E-state index contributed by atoms with van der Waals surface area (Å²) in [6.45, 7) is 8.61.